The van der Waals surface area contributed by atoms with Crippen LogP contribution in [0.1, 0.15) is 47.8 Å². The van der Waals surface area contributed by atoms with E-state index in [-0.39, 0.29) is 0 Å². The molecule has 2 rings (SSSR count). The third-order valence-corrected chi connectivity index (χ3v) is 3.68. The average molecular weight is 254 g/mol. The third-order valence-electron chi connectivity index (χ3n) is 3.68. The number of aliphatic hydroxyl groups excluding tert-OH is 1. The molecule has 0 fully saturated rings. The summed E-state index contributed by atoms with van der Waals surface area (Å²) in [7, 11) is 0. The van der Waals surface area contributed by atoms with Crippen LogP contribution in [0.4, 0.5) is 0 Å². The number of aryl methyl sites for hydroxylation is 3. The Balaban J connectivity index is 2.37. The van der Waals surface area contributed by atoms with Crippen molar-refractivity contribution >= 4 is 0 Å². The van der Waals surface area contributed by atoms with Crippen molar-refractivity contribution in [2.24, 2.45) is 0 Å². The molecule has 0 aliphatic carbocycles. The van der Waals surface area contributed by atoms with Gasteiger partial charge in [-0.3, -0.25) is 0 Å². The zero-order chi connectivity index (χ0) is 13.8. The van der Waals surface area contributed by atoms with Crippen molar-refractivity contribution in [3.63, 3.8) is 0 Å². The molecule has 1 N–H and O–H groups in total. The van der Waals surface area contributed by atoms with Crippen LogP contribution in [0.2, 0.25) is 0 Å². The number of aliphatic hydroxyl groups is 1. The summed E-state index contributed by atoms with van der Waals surface area (Å²) >= 11 is 0. The van der Waals surface area contributed by atoms with E-state index < -0.39 is 6.10 Å². The minimum absolute atomic E-state index is 0.526. The highest BCUT2D eigenvalue weighted by molar-refractivity contribution is 5.39. The number of hydrogen-bond donors (Lipinski definition) is 1. The molecule has 0 heterocycles. The molecule has 1 heteroatoms. The highest BCUT2D eigenvalue weighted by Crippen LogP contribution is 2.26. The zero-order valence-corrected chi connectivity index (χ0v) is 12.0. The fraction of sp³-hybridized carbons (Fsp3) is 0.333. The summed E-state index contributed by atoms with van der Waals surface area (Å²) in [5.41, 5.74) is 5.78. The molecule has 0 saturated heterocycles. The number of rotatable bonds is 4. The summed E-state index contributed by atoms with van der Waals surface area (Å²) in [6.07, 6.45) is 1.46. The topological polar surface area (TPSA) is 20.2 Å². The smallest absolute Gasteiger partial charge is 0.104 e. The monoisotopic (exact) mass is 254 g/mol. The van der Waals surface area contributed by atoms with Gasteiger partial charge < -0.3 is 5.11 Å². The zero-order valence-electron chi connectivity index (χ0n) is 12.0. The van der Waals surface area contributed by atoms with Gasteiger partial charge in [0.05, 0.1) is 0 Å². The summed E-state index contributed by atoms with van der Waals surface area (Å²) < 4.78 is 0. The van der Waals surface area contributed by atoms with Crippen LogP contribution in [0.25, 0.3) is 0 Å². The van der Waals surface area contributed by atoms with Gasteiger partial charge in [0.25, 0.3) is 0 Å². The van der Waals surface area contributed by atoms with Gasteiger partial charge in [0.1, 0.15) is 6.10 Å². The van der Waals surface area contributed by atoms with E-state index in [0.29, 0.717) is 0 Å². The first-order valence-electron chi connectivity index (χ1n) is 7.02. The fourth-order valence-corrected chi connectivity index (χ4v) is 2.38. The van der Waals surface area contributed by atoms with Gasteiger partial charge in [0, 0.05) is 0 Å². The Kier molecular flexibility index (Phi) is 4.39. The Hall–Kier alpha value is -1.60. The Morgan fingerprint density at radius 2 is 1.63 bits per heavy atom. The second-order valence-electron chi connectivity index (χ2n) is 5.05. The van der Waals surface area contributed by atoms with Gasteiger partial charge in [-0.05, 0) is 42.0 Å². The highest BCUT2D eigenvalue weighted by Gasteiger charge is 2.13. The van der Waals surface area contributed by atoms with Crippen molar-refractivity contribution < 1.29 is 5.11 Å². The van der Waals surface area contributed by atoms with E-state index in [1.165, 1.54) is 16.7 Å². The van der Waals surface area contributed by atoms with Crippen LogP contribution in [-0.2, 0) is 12.8 Å². The molecule has 1 atom stereocenters. The van der Waals surface area contributed by atoms with Crippen molar-refractivity contribution in [1.29, 1.82) is 0 Å². The van der Waals surface area contributed by atoms with Crippen LogP contribution in [0.5, 0.6) is 0 Å². The molecule has 0 radical (unpaired) electrons. The maximum Gasteiger partial charge on any atom is 0.104 e. The summed E-state index contributed by atoms with van der Waals surface area (Å²) in [6, 6.07) is 14.5. The molecule has 1 nitrogen and oxygen atoms in total. The molecule has 0 amide bonds. The van der Waals surface area contributed by atoms with Gasteiger partial charge in [-0.2, -0.15) is 0 Å². The lowest BCUT2D eigenvalue weighted by Crippen LogP contribution is -2.04. The third kappa shape index (κ3) is 3.05. The van der Waals surface area contributed by atoms with Crippen molar-refractivity contribution in [3.8, 4) is 0 Å². The quantitative estimate of drug-likeness (QED) is 0.867. The van der Waals surface area contributed by atoms with Crippen LogP contribution >= 0.6 is 0 Å². The van der Waals surface area contributed by atoms with Crippen LogP contribution < -0.4 is 0 Å². The molecular formula is C18H22O. The van der Waals surface area contributed by atoms with E-state index in [4.69, 9.17) is 0 Å². The second-order valence-corrected chi connectivity index (χ2v) is 5.05. The summed E-state index contributed by atoms with van der Waals surface area (Å²) in [5.74, 6) is 0. The minimum atomic E-state index is -0.526. The first-order chi connectivity index (χ1) is 9.15. The standard InChI is InChI=1S/C18H22O/c1-4-14-8-11-17(15(5-2)12-14)18(19)16-9-6-13(3)7-10-16/h6-12,18-19H,4-5H2,1-3H3. The second kappa shape index (κ2) is 6.03. The van der Waals surface area contributed by atoms with Gasteiger partial charge in [0.2, 0.25) is 0 Å². The first kappa shape index (κ1) is 13.8. The van der Waals surface area contributed by atoms with Crippen LogP contribution in [-0.4, -0.2) is 5.11 Å². The van der Waals surface area contributed by atoms with E-state index >= 15 is 0 Å². The molecule has 100 valence electrons. The largest absolute Gasteiger partial charge is 0.384 e. The lowest BCUT2D eigenvalue weighted by molar-refractivity contribution is 0.219. The lowest BCUT2D eigenvalue weighted by atomic mass is 9.93. The Labute approximate surface area is 115 Å². The van der Waals surface area contributed by atoms with Gasteiger partial charge in [-0.15, -0.1) is 0 Å². The molecule has 0 saturated carbocycles. The van der Waals surface area contributed by atoms with Crippen LogP contribution in [0.3, 0.4) is 0 Å². The van der Waals surface area contributed by atoms with Crippen molar-refractivity contribution in [1.82, 2.24) is 0 Å². The number of benzene rings is 2. The van der Waals surface area contributed by atoms with Crippen LogP contribution in [0.15, 0.2) is 42.5 Å². The maximum atomic E-state index is 10.6. The summed E-state index contributed by atoms with van der Waals surface area (Å²) in [4.78, 5) is 0. The average Bonchev–Trinajstić information content (AvgIpc) is 2.46. The normalized spacial score (nSPS) is 12.4. The Morgan fingerprint density at radius 1 is 0.947 bits per heavy atom. The summed E-state index contributed by atoms with van der Waals surface area (Å²) in [6.45, 7) is 6.36. The lowest BCUT2D eigenvalue weighted by Gasteiger charge is -2.16. The SMILES string of the molecule is CCc1ccc(C(O)c2ccc(C)cc2)c(CC)c1. The van der Waals surface area contributed by atoms with Crippen molar-refractivity contribution in [2.75, 3.05) is 0 Å². The fourth-order valence-electron chi connectivity index (χ4n) is 2.38. The first-order valence-corrected chi connectivity index (χ1v) is 7.02. The Bertz CT molecular complexity index is 540. The molecule has 2 aromatic rings. The van der Waals surface area contributed by atoms with Crippen molar-refractivity contribution in [2.45, 2.75) is 39.7 Å². The molecule has 0 bridgehead atoms. The van der Waals surface area contributed by atoms with Crippen LogP contribution in [0, 0.1) is 6.92 Å². The van der Waals surface area contributed by atoms with Gasteiger partial charge in [-0.25, -0.2) is 0 Å². The molecular weight excluding hydrogens is 232 g/mol. The van der Waals surface area contributed by atoms with Gasteiger partial charge in [-0.1, -0.05) is 61.9 Å². The summed E-state index contributed by atoms with van der Waals surface area (Å²) in [5, 5.41) is 10.6. The molecule has 0 aromatic heterocycles. The Morgan fingerprint density at radius 3 is 2.21 bits per heavy atom. The van der Waals surface area contributed by atoms with E-state index in [9.17, 15) is 5.11 Å². The predicted molar refractivity (Wildman–Crippen MR) is 80.4 cm³/mol. The molecule has 19 heavy (non-hydrogen) atoms. The van der Waals surface area contributed by atoms with Gasteiger partial charge >= 0.3 is 0 Å². The number of hydrogen-bond acceptors (Lipinski definition) is 1. The molecule has 2 aromatic carbocycles. The van der Waals surface area contributed by atoms with Crippen molar-refractivity contribution in [3.05, 3.63) is 70.3 Å². The molecule has 0 spiro atoms. The van der Waals surface area contributed by atoms with E-state index in [1.54, 1.807) is 0 Å². The highest BCUT2D eigenvalue weighted by atomic mass is 16.3. The molecule has 1 unspecified atom stereocenters. The van der Waals surface area contributed by atoms with E-state index in [1.807, 2.05) is 24.3 Å². The van der Waals surface area contributed by atoms with E-state index in [2.05, 4.69) is 39.0 Å². The maximum absolute atomic E-state index is 10.6. The van der Waals surface area contributed by atoms with E-state index in [0.717, 1.165) is 24.0 Å². The van der Waals surface area contributed by atoms with Gasteiger partial charge in [0.15, 0.2) is 0 Å². The minimum Gasteiger partial charge on any atom is -0.384 e. The molecule has 0 aliphatic rings. The predicted octanol–water partition coefficient (Wildman–Crippen LogP) is 4.20. The molecule has 0 aliphatic heterocycles.